The molecule has 1 aromatic heterocycles. The number of halogens is 1. The van der Waals surface area contributed by atoms with E-state index < -0.39 is 5.82 Å². The van der Waals surface area contributed by atoms with Gasteiger partial charge in [0.25, 0.3) is 5.91 Å². The van der Waals surface area contributed by atoms with Crippen molar-refractivity contribution < 1.29 is 9.18 Å². The molecule has 18 heavy (non-hydrogen) atoms. The van der Waals surface area contributed by atoms with Gasteiger partial charge in [-0.3, -0.25) is 9.78 Å². The van der Waals surface area contributed by atoms with Gasteiger partial charge in [0.1, 0.15) is 5.82 Å². The van der Waals surface area contributed by atoms with Crippen molar-refractivity contribution in [1.29, 1.82) is 0 Å². The molecular weight excluding hydrogens is 235 g/mol. The molecule has 6 heteroatoms. The first-order chi connectivity index (χ1) is 8.61. The predicted octanol–water partition coefficient (Wildman–Crippen LogP) is -0.0644. The molecule has 2 N–H and O–H groups in total. The van der Waals surface area contributed by atoms with E-state index in [0.717, 1.165) is 19.3 Å². The van der Waals surface area contributed by atoms with E-state index in [9.17, 15) is 9.18 Å². The molecule has 0 aliphatic carbocycles. The SMILES string of the molecule is CN1CCN(C(=O)c2cncc(F)c2)C(CN)C1. The molecule has 1 aliphatic rings. The highest BCUT2D eigenvalue weighted by molar-refractivity contribution is 5.94. The highest BCUT2D eigenvalue weighted by Crippen LogP contribution is 2.13. The zero-order valence-electron chi connectivity index (χ0n) is 10.3. The van der Waals surface area contributed by atoms with E-state index in [1.807, 2.05) is 7.05 Å². The fraction of sp³-hybridized carbons (Fsp3) is 0.500. The molecule has 1 fully saturated rings. The smallest absolute Gasteiger partial charge is 0.255 e. The summed E-state index contributed by atoms with van der Waals surface area (Å²) in [4.78, 5) is 19.8. The summed E-state index contributed by atoms with van der Waals surface area (Å²) < 4.78 is 13.1. The van der Waals surface area contributed by atoms with Crippen LogP contribution in [0.4, 0.5) is 4.39 Å². The van der Waals surface area contributed by atoms with E-state index in [-0.39, 0.29) is 17.5 Å². The van der Waals surface area contributed by atoms with E-state index in [0.29, 0.717) is 13.1 Å². The first-order valence-electron chi connectivity index (χ1n) is 5.92. The van der Waals surface area contributed by atoms with Crippen LogP contribution < -0.4 is 5.73 Å². The van der Waals surface area contributed by atoms with Crippen molar-refractivity contribution in [1.82, 2.24) is 14.8 Å². The maximum absolute atomic E-state index is 13.1. The van der Waals surface area contributed by atoms with Gasteiger partial charge in [0.2, 0.25) is 0 Å². The lowest BCUT2D eigenvalue weighted by atomic mass is 10.1. The minimum Gasteiger partial charge on any atom is -0.332 e. The standard InChI is InChI=1S/C12H17FN4O/c1-16-2-3-17(11(5-14)8-16)12(18)9-4-10(13)7-15-6-9/h4,6-7,11H,2-3,5,8,14H2,1H3. The van der Waals surface area contributed by atoms with E-state index in [1.54, 1.807) is 4.90 Å². The summed E-state index contributed by atoms with van der Waals surface area (Å²) in [6.45, 7) is 2.54. The number of hydrogen-bond acceptors (Lipinski definition) is 4. The van der Waals surface area contributed by atoms with Crippen LogP contribution in [0.25, 0.3) is 0 Å². The Bertz CT molecular complexity index is 440. The van der Waals surface area contributed by atoms with Crippen molar-refractivity contribution in [3.05, 3.63) is 29.8 Å². The van der Waals surface area contributed by atoms with Gasteiger partial charge in [-0.1, -0.05) is 0 Å². The first-order valence-corrected chi connectivity index (χ1v) is 5.92. The number of carbonyl (C=O) groups excluding carboxylic acids is 1. The van der Waals surface area contributed by atoms with Gasteiger partial charge in [0.15, 0.2) is 0 Å². The molecule has 5 nitrogen and oxygen atoms in total. The Hall–Kier alpha value is -1.53. The third-order valence-corrected chi connectivity index (χ3v) is 3.17. The maximum Gasteiger partial charge on any atom is 0.255 e. The molecular formula is C12H17FN4O. The number of nitrogens with zero attached hydrogens (tertiary/aromatic N) is 3. The molecule has 1 unspecified atom stereocenters. The fourth-order valence-electron chi connectivity index (χ4n) is 2.17. The van der Waals surface area contributed by atoms with E-state index in [4.69, 9.17) is 5.73 Å². The number of hydrogen-bond donors (Lipinski definition) is 1. The first kappa shape index (κ1) is 12.9. The molecule has 1 atom stereocenters. The Labute approximate surface area is 105 Å². The third kappa shape index (κ3) is 2.65. The number of piperazine rings is 1. The second kappa shape index (κ2) is 5.41. The van der Waals surface area contributed by atoms with Crippen LogP contribution in [0, 0.1) is 5.82 Å². The number of amides is 1. The molecule has 98 valence electrons. The second-order valence-electron chi connectivity index (χ2n) is 4.54. The molecule has 2 rings (SSSR count). The molecule has 1 amide bonds. The number of aromatic nitrogens is 1. The van der Waals surface area contributed by atoms with Crippen LogP contribution in [0.15, 0.2) is 18.5 Å². The molecule has 2 heterocycles. The second-order valence-corrected chi connectivity index (χ2v) is 4.54. The number of rotatable bonds is 2. The van der Waals surface area contributed by atoms with Crippen LogP contribution in [0.2, 0.25) is 0 Å². The summed E-state index contributed by atoms with van der Waals surface area (Å²) in [5.74, 6) is -0.704. The molecule has 1 aliphatic heterocycles. The molecule has 0 radical (unpaired) electrons. The maximum atomic E-state index is 13.1. The summed E-state index contributed by atoms with van der Waals surface area (Å²) in [6.07, 6.45) is 2.47. The van der Waals surface area contributed by atoms with Gasteiger partial charge >= 0.3 is 0 Å². The Balaban J connectivity index is 2.17. The molecule has 0 aromatic carbocycles. The monoisotopic (exact) mass is 252 g/mol. The Kier molecular flexibility index (Phi) is 3.88. The van der Waals surface area contributed by atoms with Crippen molar-refractivity contribution in [2.24, 2.45) is 5.73 Å². The van der Waals surface area contributed by atoms with Crippen LogP contribution in [-0.2, 0) is 0 Å². The molecule has 1 aromatic rings. The van der Waals surface area contributed by atoms with E-state index >= 15 is 0 Å². The van der Waals surface area contributed by atoms with Crippen LogP contribution in [-0.4, -0.2) is 60.0 Å². The molecule has 0 bridgehead atoms. The highest BCUT2D eigenvalue weighted by Gasteiger charge is 2.28. The highest BCUT2D eigenvalue weighted by atomic mass is 19.1. The van der Waals surface area contributed by atoms with Crippen LogP contribution in [0.5, 0.6) is 0 Å². The molecule has 0 spiro atoms. The Morgan fingerprint density at radius 2 is 2.33 bits per heavy atom. The largest absolute Gasteiger partial charge is 0.332 e. The van der Waals surface area contributed by atoms with Crippen molar-refractivity contribution in [3.8, 4) is 0 Å². The number of carbonyl (C=O) groups is 1. The summed E-state index contributed by atoms with van der Waals surface area (Å²) in [7, 11) is 1.99. The average molecular weight is 252 g/mol. The lowest BCUT2D eigenvalue weighted by molar-refractivity contribution is 0.0515. The Morgan fingerprint density at radius 1 is 1.56 bits per heavy atom. The summed E-state index contributed by atoms with van der Waals surface area (Å²) in [6, 6.07) is 1.18. The zero-order valence-corrected chi connectivity index (χ0v) is 10.3. The minimum atomic E-state index is -0.501. The Morgan fingerprint density at radius 3 is 3.00 bits per heavy atom. The van der Waals surface area contributed by atoms with Gasteiger partial charge in [-0.15, -0.1) is 0 Å². The van der Waals surface area contributed by atoms with Crippen molar-refractivity contribution in [2.45, 2.75) is 6.04 Å². The summed E-state index contributed by atoms with van der Waals surface area (Å²) >= 11 is 0. The number of nitrogens with two attached hydrogens (primary N) is 1. The van der Waals surface area contributed by atoms with E-state index in [1.165, 1.54) is 12.3 Å². The zero-order chi connectivity index (χ0) is 13.1. The van der Waals surface area contributed by atoms with Crippen LogP contribution >= 0.6 is 0 Å². The average Bonchev–Trinajstić information content (AvgIpc) is 2.37. The minimum absolute atomic E-state index is 0.0282. The van der Waals surface area contributed by atoms with Gasteiger partial charge in [-0.25, -0.2) is 4.39 Å². The normalized spacial score (nSPS) is 21.1. The topological polar surface area (TPSA) is 62.5 Å². The van der Waals surface area contributed by atoms with Gasteiger partial charge in [-0.2, -0.15) is 0 Å². The van der Waals surface area contributed by atoms with E-state index in [2.05, 4.69) is 9.88 Å². The lowest BCUT2D eigenvalue weighted by Crippen LogP contribution is -2.56. The van der Waals surface area contributed by atoms with Crippen molar-refractivity contribution in [2.75, 3.05) is 33.2 Å². The molecule has 1 saturated heterocycles. The lowest BCUT2D eigenvalue weighted by Gasteiger charge is -2.39. The van der Waals surface area contributed by atoms with Gasteiger partial charge in [0.05, 0.1) is 17.8 Å². The van der Waals surface area contributed by atoms with Gasteiger partial charge in [0, 0.05) is 32.4 Å². The third-order valence-electron chi connectivity index (χ3n) is 3.17. The summed E-state index contributed by atoms with van der Waals surface area (Å²) in [5.41, 5.74) is 5.97. The molecule has 0 saturated carbocycles. The van der Waals surface area contributed by atoms with Crippen LogP contribution in [0.3, 0.4) is 0 Å². The fourth-order valence-corrected chi connectivity index (χ4v) is 2.17. The number of likely N-dealkylation sites (N-methyl/N-ethyl adjacent to an activating group) is 1. The number of pyridine rings is 1. The van der Waals surface area contributed by atoms with Crippen LogP contribution in [0.1, 0.15) is 10.4 Å². The quantitative estimate of drug-likeness (QED) is 0.800. The van der Waals surface area contributed by atoms with Gasteiger partial charge < -0.3 is 15.5 Å². The van der Waals surface area contributed by atoms with Crippen molar-refractivity contribution >= 4 is 5.91 Å². The van der Waals surface area contributed by atoms with Crippen molar-refractivity contribution in [3.63, 3.8) is 0 Å². The van der Waals surface area contributed by atoms with Gasteiger partial charge in [-0.05, 0) is 13.1 Å². The predicted molar refractivity (Wildman–Crippen MR) is 65.6 cm³/mol. The summed E-state index contributed by atoms with van der Waals surface area (Å²) in [5, 5.41) is 0.